The molecule has 7 heteroatoms. The molecule has 4 aromatic rings. The molecule has 0 radical (unpaired) electrons. The molecule has 160 valence electrons. The van der Waals surface area contributed by atoms with Gasteiger partial charge in [-0.15, -0.1) is 0 Å². The van der Waals surface area contributed by atoms with Crippen LogP contribution in [0.25, 0.3) is 28.0 Å². The van der Waals surface area contributed by atoms with Crippen molar-refractivity contribution >= 4 is 5.52 Å². The summed E-state index contributed by atoms with van der Waals surface area (Å²) in [5, 5.41) is 9.50. The number of ether oxygens (including phenoxy) is 1. The minimum Gasteiger partial charge on any atom is -0.492 e. The predicted molar refractivity (Wildman–Crippen MR) is 123 cm³/mol. The quantitative estimate of drug-likeness (QED) is 0.458. The summed E-state index contributed by atoms with van der Waals surface area (Å²) < 4.78 is 9.29. The highest BCUT2D eigenvalue weighted by Crippen LogP contribution is 2.35. The van der Waals surface area contributed by atoms with Crippen LogP contribution in [0.2, 0.25) is 0 Å². The summed E-state index contributed by atoms with van der Waals surface area (Å²) in [6.07, 6.45) is 1.90. The molecule has 7 nitrogen and oxygen atoms in total. The van der Waals surface area contributed by atoms with Crippen molar-refractivity contribution in [3.05, 3.63) is 71.1 Å². The van der Waals surface area contributed by atoms with Crippen molar-refractivity contribution in [2.24, 2.45) is 0 Å². The minimum absolute atomic E-state index is 0.0422. The van der Waals surface area contributed by atoms with Gasteiger partial charge in [0.25, 0.3) is 5.56 Å². The summed E-state index contributed by atoms with van der Waals surface area (Å²) in [5.74, 6) is 0.771. The summed E-state index contributed by atoms with van der Waals surface area (Å²) in [6, 6.07) is 17.2. The number of pyridine rings is 1. The highest BCUT2D eigenvalue weighted by molar-refractivity contribution is 5.91. The normalized spacial score (nSPS) is 11.5. The van der Waals surface area contributed by atoms with Crippen LogP contribution in [-0.2, 0) is 0 Å². The van der Waals surface area contributed by atoms with E-state index in [1.165, 1.54) is 4.68 Å². The molecule has 0 saturated carbocycles. The molecule has 0 spiro atoms. The number of hydrogen-bond acceptors (Lipinski definition) is 5. The van der Waals surface area contributed by atoms with E-state index in [0.29, 0.717) is 12.3 Å². The average molecular weight is 418 g/mol. The van der Waals surface area contributed by atoms with E-state index in [2.05, 4.69) is 10.00 Å². The monoisotopic (exact) mass is 417 g/mol. The van der Waals surface area contributed by atoms with Gasteiger partial charge in [-0.2, -0.15) is 10.2 Å². The van der Waals surface area contributed by atoms with Crippen LogP contribution in [0.4, 0.5) is 0 Å². The lowest BCUT2D eigenvalue weighted by molar-refractivity contribution is 0.261. The maximum Gasteiger partial charge on any atom is 0.267 e. The second-order valence-electron chi connectivity index (χ2n) is 8.03. The van der Waals surface area contributed by atoms with Crippen molar-refractivity contribution in [1.29, 1.82) is 0 Å². The van der Waals surface area contributed by atoms with Crippen LogP contribution in [0.1, 0.15) is 19.9 Å². The number of rotatable bonds is 7. The van der Waals surface area contributed by atoms with Crippen molar-refractivity contribution in [3.8, 4) is 28.3 Å². The molecule has 1 aromatic carbocycles. The average Bonchev–Trinajstić information content (AvgIpc) is 3.13. The van der Waals surface area contributed by atoms with Gasteiger partial charge in [-0.25, -0.2) is 9.20 Å². The first-order valence-electron chi connectivity index (χ1n) is 10.4. The van der Waals surface area contributed by atoms with E-state index in [1.807, 2.05) is 81.1 Å². The maximum atomic E-state index is 12.3. The zero-order chi connectivity index (χ0) is 22.0. The summed E-state index contributed by atoms with van der Waals surface area (Å²) in [6.45, 7) is 5.31. The van der Waals surface area contributed by atoms with Crippen molar-refractivity contribution in [3.63, 3.8) is 0 Å². The van der Waals surface area contributed by atoms with Crippen molar-refractivity contribution in [2.45, 2.75) is 19.9 Å². The molecule has 3 heterocycles. The topological polar surface area (TPSA) is 64.7 Å². The summed E-state index contributed by atoms with van der Waals surface area (Å²) in [7, 11) is 4.03. The van der Waals surface area contributed by atoms with E-state index in [0.717, 1.165) is 34.6 Å². The minimum atomic E-state index is -0.121. The number of hydrogen-bond donors (Lipinski definition) is 0. The zero-order valence-electron chi connectivity index (χ0n) is 18.3. The van der Waals surface area contributed by atoms with Crippen LogP contribution >= 0.6 is 0 Å². The molecular formula is C24H27N5O2. The lowest BCUT2D eigenvalue weighted by Crippen LogP contribution is -2.23. The van der Waals surface area contributed by atoms with E-state index in [9.17, 15) is 4.79 Å². The molecule has 0 atom stereocenters. The fourth-order valence-electron chi connectivity index (χ4n) is 3.44. The number of likely N-dealkylation sites (N-methyl/N-ethyl adjacent to an activating group) is 1. The van der Waals surface area contributed by atoms with Crippen LogP contribution < -0.4 is 10.3 Å². The van der Waals surface area contributed by atoms with E-state index in [-0.39, 0.29) is 11.6 Å². The van der Waals surface area contributed by atoms with E-state index >= 15 is 0 Å². The van der Waals surface area contributed by atoms with Gasteiger partial charge in [0, 0.05) is 30.4 Å². The lowest BCUT2D eigenvalue weighted by atomic mass is 10.0. The Kier molecular flexibility index (Phi) is 5.86. The first kappa shape index (κ1) is 20.8. The van der Waals surface area contributed by atoms with E-state index < -0.39 is 0 Å². The summed E-state index contributed by atoms with van der Waals surface area (Å²) >= 11 is 0. The predicted octanol–water partition coefficient (Wildman–Crippen LogP) is 3.75. The van der Waals surface area contributed by atoms with Gasteiger partial charge in [-0.3, -0.25) is 4.79 Å². The highest BCUT2D eigenvalue weighted by Gasteiger charge is 2.19. The molecule has 0 aliphatic heterocycles. The molecule has 4 rings (SSSR count). The Hall–Kier alpha value is -3.45. The summed E-state index contributed by atoms with van der Waals surface area (Å²) in [4.78, 5) is 14.4. The number of aromatic nitrogens is 4. The zero-order valence-corrected chi connectivity index (χ0v) is 18.3. The van der Waals surface area contributed by atoms with Crippen LogP contribution in [0.3, 0.4) is 0 Å². The van der Waals surface area contributed by atoms with Gasteiger partial charge in [-0.1, -0.05) is 30.3 Å². The third-order valence-electron chi connectivity index (χ3n) is 5.03. The molecule has 0 aliphatic carbocycles. The van der Waals surface area contributed by atoms with E-state index in [4.69, 9.17) is 9.84 Å². The van der Waals surface area contributed by atoms with Gasteiger partial charge in [0.05, 0.1) is 22.8 Å². The van der Waals surface area contributed by atoms with Gasteiger partial charge in [-0.05, 0) is 40.1 Å². The third kappa shape index (κ3) is 4.36. The Labute approximate surface area is 181 Å². The molecule has 0 amide bonds. The Morgan fingerprint density at radius 2 is 1.81 bits per heavy atom. The Morgan fingerprint density at radius 1 is 1.03 bits per heavy atom. The largest absolute Gasteiger partial charge is 0.492 e. The molecule has 0 bridgehead atoms. The van der Waals surface area contributed by atoms with Gasteiger partial charge >= 0.3 is 0 Å². The third-order valence-corrected chi connectivity index (χ3v) is 5.03. The first-order valence-corrected chi connectivity index (χ1v) is 10.4. The molecule has 31 heavy (non-hydrogen) atoms. The maximum absolute atomic E-state index is 12.3. The molecule has 0 N–H and O–H groups in total. The number of fused-ring (bicyclic) bond motifs is 1. The van der Waals surface area contributed by atoms with Gasteiger partial charge in [0.1, 0.15) is 18.1 Å². The molecule has 0 saturated heterocycles. The Balaban J connectivity index is 1.89. The Morgan fingerprint density at radius 3 is 2.52 bits per heavy atom. The summed E-state index contributed by atoms with van der Waals surface area (Å²) in [5.41, 5.74) is 4.13. The highest BCUT2D eigenvalue weighted by atomic mass is 16.5. The number of nitrogens with zero attached hydrogens (tertiary/aromatic N) is 5. The molecule has 0 aliphatic rings. The van der Waals surface area contributed by atoms with Crippen molar-refractivity contribution < 1.29 is 4.74 Å². The smallest absolute Gasteiger partial charge is 0.267 e. The van der Waals surface area contributed by atoms with E-state index in [1.54, 1.807) is 12.1 Å². The van der Waals surface area contributed by atoms with Gasteiger partial charge < -0.3 is 9.64 Å². The SMILES string of the molecule is CC(C)n1nc(-c2c(-c3ccccc3)nn3ccc(OCCN(C)C)cc23)ccc1=O. The number of benzene rings is 1. The van der Waals surface area contributed by atoms with Crippen LogP contribution in [0.5, 0.6) is 5.75 Å². The standard InChI is InChI=1S/C24H27N5O2/c1-17(2)29-22(30)11-10-20(25-29)23-21-16-19(31-15-14-27(3)4)12-13-28(21)26-24(23)18-8-6-5-7-9-18/h5-13,16-17H,14-15H2,1-4H3. The molecule has 0 unspecified atom stereocenters. The van der Waals surface area contributed by atoms with Crippen molar-refractivity contribution in [2.75, 3.05) is 27.2 Å². The fourth-order valence-corrected chi connectivity index (χ4v) is 3.44. The first-order chi connectivity index (χ1) is 14.9. The van der Waals surface area contributed by atoms with Gasteiger partial charge in [0.2, 0.25) is 0 Å². The Bertz CT molecular complexity index is 1240. The van der Waals surface area contributed by atoms with Gasteiger partial charge in [0.15, 0.2) is 0 Å². The molecular weight excluding hydrogens is 390 g/mol. The lowest BCUT2D eigenvalue weighted by Gasteiger charge is -2.12. The second kappa shape index (κ2) is 8.73. The second-order valence-corrected chi connectivity index (χ2v) is 8.03. The van der Waals surface area contributed by atoms with Crippen LogP contribution in [-0.4, -0.2) is 51.5 Å². The molecule has 0 fully saturated rings. The van der Waals surface area contributed by atoms with Crippen molar-refractivity contribution in [1.82, 2.24) is 24.3 Å². The van der Waals surface area contributed by atoms with Crippen LogP contribution in [0, 0.1) is 0 Å². The fraction of sp³-hybridized carbons (Fsp3) is 0.292. The van der Waals surface area contributed by atoms with Crippen LogP contribution in [0.15, 0.2) is 65.6 Å². The molecule has 3 aromatic heterocycles.